The van der Waals surface area contributed by atoms with Gasteiger partial charge in [0.05, 0.1) is 6.26 Å². The van der Waals surface area contributed by atoms with Gasteiger partial charge in [-0.15, -0.1) is 0 Å². The molecule has 1 aromatic rings. The molecule has 7 nitrogen and oxygen atoms in total. The van der Waals surface area contributed by atoms with Crippen LogP contribution in [0.3, 0.4) is 0 Å². The molecule has 3 rings (SSSR count). The number of fused-ring (bicyclic) bond motifs is 1. The molecule has 23 heavy (non-hydrogen) atoms. The smallest absolute Gasteiger partial charge is 0.254 e. The fourth-order valence-corrected chi connectivity index (χ4v) is 3.66. The summed E-state index contributed by atoms with van der Waals surface area (Å²) in [7, 11) is -3.22. The number of carbonyl (C=O) groups is 1. The van der Waals surface area contributed by atoms with Gasteiger partial charge in [0, 0.05) is 31.7 Å². The minimum Gasteiger partial charge on any atom is -0.486 e. The maximum absolute atomic E-state index is 12.7. The average molecular weight is 340 g/mol. The van der Waals surface area contributed by atoms with Crippen LogP contribution in [0, 0.1) is 0 Å². The van der Waals surface area contributed by atoms with E-state index in [2.05, 4.69) is 0 Å². The summed E-state index contributed by atoms with van der Waals surface area (Å²) in [6.07, 6.45) is 1.83. The van der Waals surface area contributed by atoms with Crippen LogP contribution in [0.15, 0.2) is 18.2 Å². The van der Waals surface area contributed by atoms with Gasteiger partial charge in [0.15, 0.2) is 11.5 Å². The van der Waals surface area contributed by atoms with Crippen LogP contribution in [0.25, 0.3) is 0 Å². The lowest BCUT2D eigenvalue weighted by Gasteiger charge is -2.23. The highest BCUT2D eigenvalue weighted by Crippen LogP contribution is 2.31. The Morgan fingerprint density at radius 1 is 1.04 bits per heavy atom. The first-order valence-corrected chi connectivity index (χ1v) is 9.44. The Labute approximate surface area is 135 Å². The zero-order chi connectivity index (χ0) is 16.4. The monoisotopic (exact) mass is 340 g/mol. The highest BCUT2D eigenvalue weighted by molar-refractivity contribution is 7.88. The molecule has 0 atom stereocenters. The van der Waals surface area contributed by atoms with Crippen LogP contribution >= 0.6 is 0 Å². The van der Waals surface area contributed by atoms with E-state index in [0.717, 1.165) is 0 Å². The van der Waals surface area contributed by atoms with Gasteiger partial charge in [-0.1, -0.05) is 0 Å². The molecule has 126 valence electrons. The third-order valence-corrected chi connectivity index (χ3v) is 5.30. The van der Waals surface area contributed by atoms with E-state index in [-0.39, 0.29) is 5.91 Å². The molecule has 0 unspecified atom stereocenters. The molecule has 0 spiro atoms. The summed E-state index contributed by atoms with van der Waals surface area (Å²) in [5.41, 5.74) is 0.530. The SMILES string of the molecule is CS(=O)(=O)N1CCCN(C(=O)c2ccc3c(c2)OCCO3)CC1. The Morgan fingerprint density at radius 3 is 2.52 bits per heavy atom. The van der Waals surface area contributed by atoms with E-state index < -0.39 is 10.0 Å². The van der Waals surface area contributed by atoms with Crippen molar-refractivity contribution in [1.82, 2.24) is 9.21 Å². The van der Waals surface area contributed by atoms with Crippen molar-refractivity contribution in [3.63, 3.8) is 0 Å². The van der Waals surface area contributed by atoms with Crippen molar-refractivity contribution in [2.75, 3.05) is 45.6 Å². The van der Waals surface area contributed by atoms with Crippen LogP contribution in [0.2, 0.25) is 0 Å². The molecule has 0 radical (unpaired) electrons. The maximum atomic E-state index is 12.7. The first-order chi connectivity index (χ1) is 10.9. The van der Waals surface area contributed by atoms with E-state index in [4.69, 9.17) is 9.47 Å². The molecule has 0 saturated carbocycles. The summed E-state index contributed by atoms with van der Waals surface area (Å²) in [5, 5.41) is 0. The standard InChI is InChI=1S/C15H20N2O5S/c1-23(19,20)17-6-2-5-16(7-8-17)15(18)12-3-4-13-14(11-12)22-10-9-21-13/h3-4,11H,2,5-10H2,1H3. The van der Waals surface area contributed by atoms with Crippen LogP contribution in [0.4, 0.5) is 0 Å². The topological polar surface area (TPSA) is 76.2 Å². The summed E-state index contributed by atoms with van der Waals surface area (Å²) in [5.74, 6) is 1.11. The number of carbonyl (C=O) groups excluding carboxylic acids is 1. The fraction of sp³-hybridized carbons (Fsp3) is 0.533. The van der Waals surface area contributed by atoms with Gasteiger partial charge in [-0.2, -0.15) is 0 Å². The predicted molar refractivity (Wildman–Crippen MR) is 84.4 cm³/mol. The lowest BCUT2D eigenvalue weighted by molar-refractivity contribution is 0.0763. The van der Waals surface area contributed by atoms with Gasteiger partial charge in [-0.05, 0) is 24.6 Å². The zero-order valence-corrected chi connectivity index (χ0v) is 13.8. The molecule has 0 N–H and O–H groups in total. The maximum Gasteiger partial charge on any atom is 0.254 e. The molecule has 1 fully saturated rings. The number of ether oxygens (including phenoxy) is 2. The molecule has 2 aliphatic heterocycles. The molecular weight excluding hydrogens is 320 g/mol. The first-order valence-electron chi connectivity index (χ1n) is 7.59. The van der Waals surface area contributed by atoms with Crippen LogP contribution in [0.5, 0.6) is 11.5 Å². The van der Waals surface area contributed by atoms with Crippen molar-refractivity contribution in [2.24, 2.45) is 0 Å². The largest absolute Gasteiger partial charge is 0.486 e. The molecule has 0 bridgehead atoms. The number of rotatable bonds is 2. The molecule has 1 amide bonds. The zero-order valence-electron chi connectivity index (χ0n) is 13.0. The summed E-state index contributed by atoms with van der Waals surface area (Å²) in [6, 6.07) is 5.15. The summed E-state index contributed by atoms with van der Waals surface area (Å²) in [4.78, 5) is 14.3. The van der Waals surface area contributed by atoms with Gasteiger partial charge >= 0.3 is 0 Å². The Morgan fingerprint density at radius 2 is 1.78 bits per heavy atom. The van der Waals surface area contributed by atoms with Crippen molar-refractivity contribution in [3.05, 3.63) is 23.8 Å². The number of sulfonamides is 1. The van der Waals surface area contributed by atoms with Gasteiger partial charge in [-0.3, -0.25) is 4.79 Å². The van der Waals surface area contributed by atoms with Crippen molar-refractivity contribution >= 4 is 15.9 Å². The lowest BCUT2D eigenvalue weighted by atomic mass is 10.1. The Kier molecular flexibility index (Phi) is 4.45. The van der Waals surface area contributed by atoms with E-state index in [9.17, 15) is 13.2 Å². The third-order valence-electron chi connectivity index (χ3n) is 4.00. The minimum atomic E-state index is -3.22. The van der Waals surface area contributed by atoms with Crippen molar-refractivity contribution in [3.8, 4) is 11.5 Å². The average Bonchev–Trinajstić information content (AvgIpc) is 2.79. The lowest BCUT2D eigenvalue weighted by Crippen LogP contribution is -2.37. The Hall–Kier alpha value is -1.80. The summed E-state index contributed by atoms with van der Waals surface area (Å²) in [6.45, 7) is 2.68. The van der Waals surface area contributed by atoms with E-state index >= 15 is 0 Å². The van der Waals surface area contributed by atoms with Gasteiger partial charge < -0.3 is 14.4 Å². The second-order valence-corrected chi connectivity index (χ2v) is 7.65. The molecule has 0 aromatic heterocycles. The van der Waals surface area contributed by atoms with E-state index in [0.29, 0.717) is 62.9 Å². The minimum absolute atomic E-state index is 0.114. The molecular formula is C15H20N2O5S. The number of benzene rings is 1. The van der Waals surface area contributed by atoms with Gasteiger partial charge in [-0.25, -0.2) is 12.7 Å². The van der Waals surface area contributed by atoms with Crippen LogP contribution in [-0.2, 0) is 10.0 Å². The number of hydrogen-bond donors (Lipinski definition) is 0. The van der Waals surface area contributed by atoms with Crippen LogP contribution in [-0.4, -0.2) is 69.2 Å². The molecule has 8 heteroatoms. The van der Waals surface area contributed by atoms with E-state index in [1.54, 1.807) is 23.1 Å². The summed E-state index contributed by atoms with van der Waals surface area (Å²) < 4.78 is 35.7. The molecule has 0 aliphatic carbocycles. The van der Waals surface area contributed by atoms with Gasteiger partial charge in [0.1, 0.15) is 13.2 Å². The van der Waals surface area contributed by atoms with E-state index in [1.165, 1.54) is 10.6 Å². The molecule has 1 saturated heterocycles. The molecule has 2 aliphatic rings. The third kappa shape index (κ3) is 3.59. The van der Waals surface area contributed by atoms with Gasteiger partial charge in [0.25, 0.3) is 5.91 Å². The normalized spacial score (nSPS) is 19.3. The van der Waals surface area contributed by atoms with Crippen molar-refractivity contribution < 1.29 is 22.7 Å². The highest BCUT2D eigenvalue weighted by Gasteiger charge is 2.25. The predicted octanol–water partition coefficient (Wildman–Crippen LogP) is 0.565. The highest BCUT2D eigenvalue weighted by atomic mass is 32.2. The summed E-state index contributed by atoms with van der Waals surface area (Å²) >= 11 is 0. The fourth-order valence-electron chi connectivity index (χ4n) is 2.79. The van der Waals surface area contributed by atoms with Crippen LogP contribution < -0.4 is 9.47 Å². The van der Waals surface area contributed by atoms with Crippen molar-refractivity contribution in [2.45, 2.75) is 6.42 Å². The van der Waals surface area contributed by atoms with E-state index in [1.807, 2.05) is 0 Å². The Bertz CT molecular complexity index is 704. The first kappa shape index (κ1) is 16.1. The van der Waals surface area contributed by atoms with Crippen LogP contribution in [0.1, 0.15) is 16.8 Å². The molecule has 2 heterocycles. The van der Waals surface area contributed by atoms with Crippen molar-refractivity contribution in [1.29, 1.82) is 0 Å². The number of amides is 1. The number of nitrogens with zero attached hydrogens (tertiary/aromatic N) is 2. The second kappa shape index (κ2) is 6.37. The quantitative estimate of drug-likeness (QED) is 0.786. The Balaban J connectivity index is 1.73. The second-order valence-electron chi connectivity index (χ2n) is 5.67. The molecule has 1 aromatic carbocycles. The number of hydrogen-bond acceptors (Lipinski definition) is 5. The van der Waals surface area contributed by atoms with Gasteiger partial charge in [0.2, 0.25) is 10.0 Å².